The van der Waals surface area contributed by atoms with Gasteiger partial charge in [-0.2, -0.15) is 0 Å². The van der Waals surface area contributed by atoms with Crippen molar-refractivity contribution in [1.29, 1.82) is 0 Å². The second-order valence-electron chi connectivity index (χ2n) is 5.22. The predicted molar refractivity (Wildman–Crippen MR) is 104 cm³/mol. The molecule has 0 aliphatic heterocycles. The summed E-state index contributed by atoms with van der Waals surface area (Å²) in [5.41, 5.74) is 6.06. The summed E-state index contributed by atoms with van der Waals surface area (Å²) in [7, 11) is 0. The number of nitrogens with one attached hydrogen (secondary N) is 3. The Balaban J connectivity index is 1.76. The van der Waals surface area contributed by atoms with Crippen molar-refractivity contribution >= 4 is 52.3 Å². The summed E-state index contributed by atoms with van der Waals surface area (Å²) in [5.74, 6) is -0.413. The molecule has 2 aromatic rings. The third kappa shape index (κ3) is 6.51. The first-order valence-electron chi connectivity index (χ1n) is 7.39. The molecular formula is C17H15Cl2N3O3S. The first-order valence-corrected chi connectivity index (χ1v) is 8.55. The van der Waals surface area contributed by atoms with Crippen molar-refractivity contribution in [3.05, 3.63) is 63.6 Å². The molecule has 0 saturated carbocycles. The molecule has 6 nitrogen and oxygen atoms in total. The standard InChI is InChI=1S/C17H15Cl2N3O3S/c1-10-2-4-14(5-3-10)25-9-15(23)21-22-17(26)20-16(24)11-6-12(18)8-13(19)7-11/h2-8H,9H2,1H3,(H,21,23)(H2,20,22,24,26). The molecule has 0 saturated heterocycles. The summed E-state index contributed by atoms with van der Waals surface area (Å²) < 4.78 is 5.32. The molecule has 0 unspecified atom stereocenters. The maximum absolute atomic E-state index is 12.0. The van der Waals surface area contributed by atoms with Gasteiger partial charge in [0.25, 0.3) is 11.8 Å². The third-order valence-electron chi connectivity index (χ3n) is 3.06. The van der Waals surface area contributed by atoms with Crippen LogP contribution in [0.5, 0.6) is 5.75 Å². The number of hydrogen-bond acceptors (Lipinski definition) is 4. The van der Waals surface area contributed by atoms with Gasteiger partial charge >= 0.3 is 0 Å². The van der Waals surface area contributed by atoms with E-state index in [9.17, 15) is 9.59 Å². The molecule has 0 aromatic heterocycles. The highest BCUT2D eigenvalue weighted by Gasteiger charge is 2.10. The number of hydrazine groups is 1. The zero-order valence-corrected chi connectivity index (χ0v) is 16.0. The van der Waals surface area contributed by atoms with Crippen LogP contribution in [0.3, 0.4) is 0 Å². The summed E-state index contributed by atoms with van der Waals surface area (Å²) >= 11 is 16.6. The molecule has 0 radical (unpaired) electrons. The minimum absolute atomic E-state index is 0.0882. The van der Waals surface area contributed by atoms with Gasteiger partial charge in [0.1, 0.15) is 5.75 Å². The average Bonchev–Trinajstić information content (AvgIpc) is 2.58. The zero-order valence-electron chi connectivity index (χ0n) is 13.6. The monoisotopic (exact) mass is 411 g/mol. The number of hydrogen-bond donors (Lipinski definition) is 3. The van der Waals surface area contributed by atoms with Crippen LogP contribution in [0.25, 0.3) is 0 Å². The van der Waals surface area contributed by atoms with E-state index in [2.05, 4.69) is 16.2 Å². The SMILES string of the molecule is Cc1ccc(OCC(=O)NNC(=S)NC(=O)c2cc(Cl)cc(Cl)c2)cc1. The Bertz CT molecular complexity index is 808. The smallest absolute Gasteiger partial charge is 0.276 e. The van der Waals surface area contributed by atoms with Crippen molar-refractivity contribution < 1.29 is 14.3 Å². The molecule has 26 heavy (non-hydrogen) atoms. The van der Waals surface area contributed by atoms with Gasteiger partial charge in [-0.1, -0.05) is 40.9 Å². The number of carbonyl (C=O) groups excluding carboxylic acids is 2. The quantitative estimate of drug-likeness (QED) is 0.532. The highest BCUT2D eigenvalue weighted by Crippen LogP contribution is 2.18. The van der Waals surface area contributed by atoms with Crippen molar-refractivity contribution in [3.8, 4) is 5.75 Å². The number of aryl methyl sites for hydroxylation is 1. The fraction of sp³-hybridized carbons (Fsp3) is 0.118. The molecule has 2 aromatic carbocycles. The van der Waals surface area contributed by atoms with E-state index in [0.717, 1.165) is 5.56 Å². The lowest BCUT2D eigenvalue weighted by atomic mass is 10.2. The molecule has 2 rings (SSSR count). The Hall–Kier alpha value is -2.35. The normalized spacial score (nSPS) is 9.96. The minimum atomic E-state index is -0.517. The molecule has 3 N–H and O–H groups in total. The lowest BCUT2D eigenvalue weighted by molar-refractivity contribution is -0.123. The lowest BCUT2D eigenvalue weighted by Crippen LogP contribution is -2.49. The van der Waals surface area contributed by atoms with E-state index in [1.165, 1.54) is 18.2 Å². The van der Waals surface area contributed by atoms with Gasteiger partial charge in [0.15, 0.2) is 11.7 Å². The Morgan fingerprint density at radius 3 is 2.27 bits per heavy atom. The maximum Gasteiger partial charge on any atom is 0.276 e. The largest absolute Gasteiger partial charge is 0.484 e. The number of benzene rings is 2. The van der Waals surface area contributed by atoms with E-state index in [4.69, 9.17) is 40.2 Å². The Morgan fingerprint density at radius 1 is 1.04 bits per heavy atom. The van der Waals surface area contributed by atoms with Crippen molar-refractivity contribution in [2.75, 3.05) is 6.61 Å². The van der Waals surface area contributed by atoms with E-state index in [-0.39, 0.29) is 17.3 Å². The molecule has 0 spiro atoms. The fourth-order valence-electron chi connectivity index (χ4n) is 1.84. The zero-order chi connectivity index (χ0) is 19.1. The number of thiocarbonyl (C=S) groups is 1. The predicted octanol–water partition coefficient (Wildman–Crippen LogP) is 3.02. The van der Waals surface area contributed by atoms with E-state index in [1.54, 1.807) is 12.1 Å². The van der Waals surface area contributed by atoms with E-state index in [1.807, 2.05) is 19.1 Å². The second kappa shape index (κ2) is 9.38. The number of rotatable bonds is 4. The summed E-state index contributed by atoms with van der Waals surface area (Å²) in [6, 6.07) is 11.7. The minimum Gasteiger partial charge on any atom is -0.484 e. The van der Waals surface area contributed by atoms with Gasteiger partial charge in [-0.05, 0) is 49.5 Å². The molecule has 0 bridgehead atoms. The van der Waals surface area contributed by atoms with E-state index in [0.29, 0.717) is 15.8 Å². The first-order chi connectivity index (χ1) is 12.3. The van der Waals surface area contributed by atoms with E-state index < -0.39 is 11.8 Å². The van der Waals surface area contributed by atoms with Gasteiger partial charge in [-0.3, -0.25) is 25.8 Å². The van der Waals surface area contributed by atoms with E-state index >= 15 is 0 Å². The highest BCUT2D eigenvalue weighted by molar-refractivity contribution is 7.80. The van der Waals surface area contributed by atoms with Crippen LogP contribution in [0.1, 0.15) is 15.9 Å². The van der Waals surface area contributed by atoms with Gasteiger partial charge in [0.2, 0.25) is 0 Å². The van der Waals surface area contributed by atoms with Gasteiger partial charge in [0.05, 0.1) is 0 Å². The maximum atomic E-state index is 12.0. The lowest BCUT2D eigenvalue weighted by Gasteiger charge is -2.11. The Kier molecular flexibility index (Phi) is 7.20. The molecular weight excluding hydrogens is 397 g/mol. The van der Waals surface area contributed by atoms with Crippen LogP contribution in [0.2, 0.25) is 10.0 Å². The summed E-state index contributed by atoms with van der Waals surface area (Å²) in [5, 5.41) is 2.95. The molecule has 0 aliphatic rings. The summed E-state index contributed by atoms with van der Waals surface area (Å²) in [6.45, 7) is 1.74. The van der Waals surface area contributed by atoms with Gasteiger partial charge in [-0.25, -0.2) is 0 Å². The fourth-order valence-corrected chi connectivity index (χ4v) is 2.51. The summed E-state index contributed by atoms with van der Waals surface area (Å²) in [6.07, 6.45) is 0. The highest BCUT2D eigenvalue weighted by atomic mass is 35.5. The van der Waals surface area contributed by atoms with Crippen LogP contribution in [-0.2, 0) is 4.79 Å². The average molecular weight is 412 g/mol. The first kappa shape index (κ1) is 20.0. The summed E-state index contributed by atoms with van der Waals surface area (Å²) in [4.78, 5) is 23.8. The molecule has 2 amide bonds. The molecule has 0 heterocycles. The van der Waals surface area contributed by atoms with Crippen LogP contribution in [0.15, 0.2) is 42.5 Å². The molecule has 0 aliphatic carbocycles. The molecule has 0 atom stereocenters. The number of carbonyl (C=O) groups is 2. The van der Waals surface area contributed by atoms with Crippen molar-refractivity contribution in [3.63, 3.8) is 0 Å². The molecule has 9 heteroatoms. The topological polar surface area (TPSA) is 79.5 Å². The van der Waals surface area contributed by atoms with Gasteiger partial charge in [-0.15, -0.1) is 0 Å². The Labute approximate surface area is 165 Å². The third-order valence-corrected chi connectivity index (χ3v) is 3.70. The van der Waals surface area contributed by atoms with Crippen LogP contribution in [0, 0.1) is 6.92 Å². The number of ether oxygens (including phenoxy) is 1. The number of amides is 2. The van der Waals surface area contributed by atoms with Crippen LogP contribution < -0.4 is 20.9 Å². The van der Waals surface area contributed by atoms with Gasteiger partial charge in [0, 0.05) is 15.6 Å². The van der Waals surface area contributed by atoms with Crippen LogP contribution in [0.4, 0.5) is 0 Å². The Morgan fingerprint density at radius 2 is 1.65 bits per heavy atom. The second-order valence-corrected chi connectivity index (χ2v) is 6.50. The van der Waals surface area contributed by atoms with Crippen molar-refractivity contribution in [2.45, 2.75) is 6.92 Å². The van der Waals surface area contributed by atoms with Crippen molar-refractivity contribution in [2.24, 2.45) is 0 Å². The van der Waals surface area contributed by atoms with Crippen LogP contribution in [-0.4, -0.2) is 23.5 Å². The molecule has 136 valence electrons. The van der Waals surface area contributed by atoms with Crippen LogP contribution >= 0.6 is 35.4 Å². The van der Waals surface area contributed by atoms with Gasteiger partial charge < -0.3 is 4.74 Å². The molecule has 0 fully saturated rings. The number of halogens is 2. The van der Waals surface area contributed by atoms with Crippen molar-refractivity contribution in [1.82, 2.24) is 16.2 Å².